The Kier molecular flexibility index (Phi) is 3.05. The Labute approximate surface area is 119 Å². The number of aliphatic hydroxyl groups excluding tert-OH is 2. The van der Waals surface area contributed by atoms with Crippen LogP contribution in [0.1, 0.15) is 13.2 Å². The zero-order valence-electron chi connectivity index (χ0n) is 10.6. The number of anilines is 1. The summed E-state index contributed by atoms with van der Waals surface area (Å²) >= 11 is 6.38. The molecule has 4 N–H and O–H groups in total. The number of aromatic nitrogens is 4. The molecule has 0 aromatic carbocycles. The molecule has 0 amide bonds. The van der Waals surface area contributed by atoms with Gasteiger partial charge in [0.1, 0.15) is 28.9 Å². The van der Waals surface area contributed by atoms with E-state index in [0.717, 1.165) is 0 Å². The predicted octanol–water partition coefficient (Wildman–Crippen LogP) is -0.343. The van der Waals surface area contributed by atoms with Gasteiger partial charge in [-0.15, -0.1) is 11.6 Å². The van der Waals surface area contributed by atoms with Gasteiger partial charge >= 0.3 is 0 Å². The summed E-state index contributed by atoms with van der Waals surface area (Å²) in [5, 5.41) is 19.3. The average Bonchev–Trinajstić information content (AvgIpc) is 2.92. The molecule has 0 saturated carbocycles. The summed E-state index contributed by atoms with van der Waals surface area (Å²) in [5.74, 6) is 0.252. The number of imidazole rings is 1. The number of rotatable bonds is 2. The van der Waals surface area contributed by atoms with Crippen LogP contribution >= 0.6 is 11.6 Å². The van der Waals surface area contributed by atoms with Gasteiger partial charge in [-0.3, -0.25) is 4.57 Å². The smallest absolute Gasteiger partial charge is 0.167 e. The Morgan fingerprint density at radius 2 is 2.25 bits per heavy atom. The highest BCUT2D eigenvalue weighted by atomic mass is 35.5. The van der Waals surface area contributed by atoms with Crippen molar-refractivity contribution in [1.82, 2.24) is 19.5 Å². The van der Waals surface area contributed by atoms with Crippen molar-refractivity contribution >= 4 is 28.6 Å². The lowest BCUT2D eigenvalue weighted by Crippen LogP contribution is -2.39. The number of nitrogens with two attached hydrogens (primary N) is 1. The first-order valence-electron chi connectivity index (χ1n) is 6.03. The fourth-order valence-electron chi connectivity index (χ4n) is 2.40. The summed E-state index contributed by atoms with van der Waals surface area (Å²) < 4.78 is 7.20. The van der Waals surface area contributed by atoms with Crippen molar-refractivity contribution in [1.29, 1.82) is 0 Å². The Bertz CT molecular complexity index is 646. The molecule has 0 unspecified atom stereocenters. The van der Waals surface area contributed by atoms with Crippen molar-refractivity contribution in [2.75, 3.05) is 12.3 Å². The highest BCUT2D eigenvalue weighted by Gasteiger charge is 2.53. The van der Waals surface area contributed by atoms with Gasteiger partial charge in [-0.05, 0) is 6.92 Å². The third-order valence-electron chi connectivity index (χ3n) is 3.54. The van der Waals surface area contributed by atoms with Crippen molar-refractivity contribution in [3.8, 4) is 0 Å². The third-order valence-corrected chi connectivity index (χ3v) is 3.95. The van der Waals surface area contributed by atoms with Gasteiger partial charge in [0.2, 0.25) is 0 Å². The van der Waals surface area contributed by atoms with Crippen LogP contribution in [-0.4, -0.2) is 53.4 Å². The minimum atomic E-state index is -1.12. The molecule has 8 nitrogen and oxygen atoms in total. The second kappa shape index (κ2) is 4.52. The van der Waals surface area contributed by atoms with Crippen LogP contribution in [-0.2, 0) is 4.74 Å². The van der Waals surface area contributed by atoms with Crippen LogP contribution in [0.3, 0.4) is 0 Å². The first kappa shape index (κ1) is 13.5. The topological polar surface area (TPSA) is 119 Å². The van der Waals surface area contributed by atoms with Crippen molar-refractivity contribution in [3.05, 3.63) is 12.7 Å². The van der Waals surface area contributed by atoms with Gasteiger partial charge in [-0.1, -0.05) is 0 Å². The van der Waals surface area contributed by atoms with E-state index in [2.05, 4.69) is 15.0 Å². The molecule has 1 aliphatic rings. The summed E-state index contributed by atoms with van der Waals surface area (Å²) in [6, 6.07) is 0. The minimum absolute atomic E-state index is 0.252. The fourth-order valence-corrected chi connectivity index (χ4v) is 2.70. The largest absolute Gasteiger partial charge is 0.394 e. The highest BCUT2D eigenvalue weighted by Crippen LogP contribution is 2.43. The third kappa shape index (κ3) is 1.76. The molecular formula is C11H14ClN5O3. The zero-order chi connectivity index (χ0) is 14.5. The maximum Gasteiger partial charge on any atom is 0.167 e. The number of fused-ring (bicyclic) bond motifs is 1. The molecule has 0 aliphatic carbocycles. The molecule has 3 heterocycles. The molecule has 9 heteroatoms. The maximum atomic E-state index is 10.1. The van der Waals surface area contributed by atoms with E-state index in [4.69, 9.17) is 22.1 Å². The van der Waals surface area contributed by atoms with Gasteiger partial charge in [0.25, 0.3) is 0 Å². The lowest BCUT2D eigenvalue weighted by Gasteiger charge is -2.26. The zero-order valence-corrected chi connectivity index (χ0v) is 11.4. The Hall–Kier alpha value is -1.48. The van der Waals surface area contributed by atoms with Crippen molar-refractivity contribution < 1.29 is 14.9 Å². The van der Waals surface area contributed by atoms with Crippen LogP contribution in [0.4, 0.5) is 5.82 Å². The normalized spacial score (nSPS) is 33.9. The molecule has 0 spiro atoms. The molecule has 2 aromatic heterocycles. The summed E-state index contributed by atoms with van der Waals surface area (Å²) in [7, 11) is 0. The van der Waals surface area contributed by atoms with Gasteiger partial charge in [0, 0.05) is 0 Å². The molecule has 1 saturated heterocycles. The van der Waals surface area contributed by atoms with E-state index in [9.17, 15) is 10.2 Å². The van der Waals surface area contributed by atoms with Gasteiger partial charge in [-0.2, -0.15) is 0 Å². The monoisotopic (exact) mass is 299 g/mol. The minimum Gasteiger partial charge on any atom is -0.394 e. The molecular weight excluding hydrogens is 286 g/mol. The van der Waals surface area contributed by atoms with Crippen molar-refractivity contribution in [2.45, 2.75) is 30.2 Å². The summed E-state index contributed by atoms with van der Waals surface area (Å²) in [6.07, 6.45) is 0.287. The van der Waals surface area contributed by atoms with Crippen molar-refractivity contribution in [3.63, 3.8) is 0 Å². The van der Waals surface area contributed by atoms with E-state index < -0.39 is 23.3 Å². The van der Waals surface area contributed by atoms with Crippen LogP contribution in [0.15, 0.2) is 12.7 Å². The SMILES string of the molecule is C[C@@]1(Cl)[C@H](O)[C@@H](CO)O[C@H]1n1cnc2c(N)ncnc21. The molecule has 20 heavy (non-hydrogen) atoms. The van der Waals surface area contributed by atoms with E-state index in [-0.39, 0.29) is 12.4 Å². The number of nitrogen functional groups attached to an aromatic ring is 1. The summed E-state index contributed by atoms with van der Waals surface area (Å²) in [5.41, 5.74) is 6.62. The second-order valence-electron chi connectivity index (χ2n) is 4.89. The number of halogens is 1. The Balaban J connectivity index is 2.10. The number of aliphatic hydroxyl groups is 2. The number of nitrogens with zero attached hydrogens (tertiary/aromatic N) is 4. The number of hydrogen-bond donors (Lipinski definition) is 3. The quantitative estimate of drug-likeness (QED) is 0.649. The second-order valence-corrected chi connectivity index (χ2v) is 5.70. The molecule has 4 atom stereocenters. The van der Waals surface area contributed by atoms with Crippen LogP contribution in [0.5, 0.6) is 0 Å². The molecule has 0 radical (unpaired) electrons. The first-order chi connectivity index (χ1) is 9.46. The highest BCUT2D eigenvalue weighted by molar-refractivity contribution is 6.24. The lowest BCUT2D eigenvalue weighted by atomic mass is 10.0. The standard InChI is InChI=1S/C11H14ClN5O3/c1-11(12)7(19)5(2-18)20-10(11)17-4-16-6-8(13)14-3-15-9(6)17/h3-5,7,10,18-19H,2H2,1H3,(H2,13,14,15)/t5-,7-,10-,11-/m1/s1. The van der Waals surface area contributed by atoms with Crippen LogP contribution in [0.25, 0.3) is 11.2 Å². The van der Waals surface area contributed by atoms with Crippen LogP contribution in [0.2, 0.25) is 0 Å². The van der Waals surface area contributed by atoms with E-state index in [1.165, 1.54) is 12.7 Å². The fraction of sp³-hybridized carbons (Fsp3) is 0.545. The average molecular weight is 300 g/mol. The molecule has 108 valence electrons. The van der Waals surface area contributed by atoms with E-state index >= 15 is 0 Å². The van der Waals surface area contributed by atoms with E-state index in [1.54, 1.807) is 11.5 Å². The van der Waals surface area contributed by atoms with Crippen molar-refractivity contribution in [2.24, 2.45) is 0 Å². The maximum absolute atomic E-state index is 10.1. The van der Waals surface area contributed by atoms with Gasteiger partial charge in [0.15, 0.2) is 17.7 Å². The van der Waals surface area contributed by atoms with Gasteiger partial charge in [0.05, 0.1) is 12.9 Å². The van der Waals surface area contributed by atoms with E-state index in [0.29, 0.717) is 11.2 Å². The summed E-state index contributed by atoms with van der Waals surface area (Å²) in [6.45, 7) is 1.31. The molecule has 1 fully saturated rings. The first-order valence-corrected chi connectivity index (χ1v) is 6.41. The van der Waals surface area contributed by atoms with Gasteiger partial charge in [-0.25, -0.2) is 15.0 Å². The van der Waals surface area contributed by atoms with Crippen LogP contribution in [0, 0.1) is 0 Å². The molecule has 0 bridgehead atoms. The Morgan fingerprint density at radius 1 is 1.50 bits per heavy atom. The van der Waals surface area contributed by atoms with Gasteiger partial charge < -0.3 is 20.7 Å². The predicted molar refractivity (Wildman–Crippen MR) is 71.0 cm³/mol. The molecule has 1 aliphatic heterocycles. The van der Waals surface area contributed by atoms with Crippen LogP contribution < -0.4 is 5.73 Å². The number of alkyl halides is 1. The Morgan fingerprint density at radius 3 is 2.90 bits per heavy atom. The molecule has 3 rings (SSSR count). The summed E-state index contributed by atoms with van der Waals surface area (Å²) in [4.78, 5) is 11.0. The molecule has 2 aromatic rings. The van der Waals surface area contributed by atoms with E-state index in [1.807, 2.05) is 0 Å². The number of hydrogen-bond acceptors (Lipinski definition) is 7. The lowest BCUT2D eigenvalue weighted by molar-refractivity contribution is -0.0441. The number of ether oxygens (including phenoxy) is 1.